The summed E-state index contributed by atoms with van der Waals surface area (Å²) in [5, 5.41) is 43.3. The van der Waals surface area contributed by atoms with Crippen molar-refractivity contribution in [3.8, 4) is 11.5 Å². The number of carbonyl (C=O) groups is 1. The highest BCUT2D eigenvalue weighted by molar-refractivity contribution is 14.1. The minimum absolute atomic E-state index is 0.130. The van der Waals surface area contributed by atoms with Crippen LogP contribution in [0.1, 0.15) is 0 Å². The average molecular weight is 965 g/mol. The zero-order chi connectivity index (χ0) is 37.4. The molecule has 0 heterocycles. The second-order valence-corrected chi connectivity index (χ2v) is 16.2. The lowest BCUT2D eigenvalue weighted by Crippen LogP contribution is -2.19. The smallest absolute Gasteiger partial charge is 0.323 e. The molecule has 0 fully saturated rings. The van der Waals surface area contributed by atoms with Crippen molar-refractivity contribution in [2.75, 3.05) is 10.6 Å². The van der Waals surface area contributed by atoms with Crippen LogP contribution in [-0.2, 0) is 20.2 Å². The monoisotopic (exact) mass is 964 g/mol. The molecule has 0 radical (unpaired) electrons. The number of benzene rings is 6. The maximum atomic E-state index is 13.0. The summed E-state index contributed by atoms with van der Waals surface area (Å²) in [4.78, 5) is 11.6. The molecule has 0 saturated carbocycles. The fourth-order valence-electron chi connectivity index (χ4n) is 4.97. The molecule has 264 valence electrons. The van der Waals surface area contributed by atoms with Crippen LogP contribution < -0.4 is 10.6 Å². The Morgan fingerprint density at radius 1 is 0.538 bits per heavy atom. The van der Waals surface area contributed by atoms with E-state index in [2.05, 4.69) is 76.3 Å². The number of urea groups is 1. The van der Waals surface area contributed by atoms with Gasteiger partial charge in [-0.3, -0.25) is 9.11 Å². The number of nitrogens with one attached hydrogen (secondary N) is 2. The SMILES string of the molecule is O=C(Nc1ccc2c(O)c(N=Nc3ccc(I)cc3)c(S(=O)(=O)O)cc2c1)Nc1ccc2c(O)c(N=Nc3ccc(I)cc3)c(S(=O)(=O)O)cc2c1. The Kier molecular flexibility index (Phi) is 10.4. The number of carbonyl (C=O) groups excluding carboxylic acids is 1. The number of phenols is 2. The molecule has 0 saturated heterocycles. The van der Waals surface area contributed by atoms with Gasteiger partial charge in [-0.15, -0.1) is 10.2 Å². The second kappa shape index (κ2) is 14.7. The highest BCUT2D eigenvalue weighted by atomic mass is 127. The highest BCUT2D eigenvalue weighted by Crippen LogP contribution is 2.43. The summed E-state index contributed by atoms with van der Waals surface area (Å²) in [6.45, 7) is 0. The molecule has 6 rings (SSSR count). The molecule has 0 aliphatic carbocycles. The Morgan fingerprint density at radius 3 is 1.25 bits per heavy atom. The number of azo groups is 2. The molecule has 0 atom stereocenters. The molecule has 0 aliphatic heterocycles. The van der Waals surface area contributed by atoms with E-state index in [0.717, 1.165) is 19.3 Å². The average Bonchev–Trinajstić information content (AvgIpc) is 3.07. The van der Waals surface area contributed by atoms with Crippen molar-refractivity contribution in [3.05, 3.63) is 104 Å². The normalized spacial score (nSPS) is 12.2. The van der Waals surface area contributed by atoms with E-state index >= 15 is 0 Å². The largest absolute Gasteiger partial charge is 0.505 e. The number of fused-ring (bicyclic) bond motifs is 2. The minimum Gasteiger partial charge on any atom is -0.505 e. The molecule has 0 aromatic heterocycles. The van der Waals surface area contributed by atoms with Crippen LogP contribution in [0.5, 0.6) is 11.5 Å². The van der Waals surface area contributed by atoms with Gasteiger partial charge in [-0.25, -0.2) is 4.79 Å². The summed E-state index contributed by atoms with van der Waals surface area (Å²) in [5.74, 6) is -1.14. The van der Waals surface area contributed by atoms with Crippen LogP contribution in [0, 0.1) is 7.14 Å². The van der Waals surface area contributed by atoms with Crippen molar-refractivity contribution in [2.24, 2.45) is 20.5 Å². The van der Waals surface area contributed by atoms with Gasteiger partial charge >= 0.3 is 6.03 Å². The molecule has 0 unspecified atom stereocenters. The van der Waals surface area contributed by atoms with Crippen LogP contribution in [-0.4, -0.2) is 42.2 Å². The standard InChI is InChI=1S/C33H22I2N6O9S2/c34-19-1-5-21(6-2-19)38-40-29-27(51(45,46)47)15-17-13-23(9-11-25(17)31(29)42)36-33(44)37-24-10-12-26-18(14-24)16-28(52(48,49)50)30(32(26)43)41-39-22-7-3-20(35)4-8-22/h1-16,42-43H,(H2,36,37,44)(H,45,46,47)(H,48,49,50). The van der Waals surface area contributed by atoms with Crippen molar-refractivity contribution in [2.45, 2.75) is 9.79 Å². The Bertz CT molecular complexity index is 2510. The topological polar surface area (TPSA) is 240 Å². The third-order valence-electron chi connectivity index (χ3n) is 7.36. The Balaban J connectivity index is 1.27. The van der Waals surface area contributed by atoms with Crippen LogP contribution in [0.3, 0.4) is 0 Å². The molecule has 52 heavy (non-hydrogen) atoms. The number of nitrogens with zero attached hydrogens (tertiary/aromatic N) is 4. The highest BCUT2D eigenvalue weighted by Gasteiger charge is 2.24. The number of rotatable bonds is 8. The molecule has 0 bridgehead atoms. The zero-order valence-corrected chi connectivity index (χ0v) is 31.9. The van der Waals surface area contributed by atoms with Crippen molar-refractivity contribution in [3.63, 3.8) is 0 Å². The van der Waals surface area contributed by atoms with Crippen molar-refractivity contribution < 1.29 is 40.9 Å². The number of halogens is 2. The quantitative estimate of drug-likeness (QED) is 0.0483. The molecule has 2 amide bonds. The Hall–Kier alpha value is -4.81. The summed E-state index contributed by atoms with van der Waals surface area (Å²) in [6.07, 6.45) is 0. The van der Waals surface area contributed by atoms with Gasteiger partial charge in [0.2, 0.25) is 0 Å². The fourth-order valence-corrected chi connectivity index (χ4v) is 7.00. The molecule has 19 heteroatoms. The number of anilines is 2. The first kappa shape index (κ1) is 37.0. The number of hydrogen-bond donors (Lipinski definition) is 6. The van der Waals surface area contributed by atoms with Crippen LogP contribution in [0.4, 0.5) is 38.9 Å². The van der Waals surface area contributed by atoms with Gasteiger partial charge in [0.15, 0.2) is 11.5 Å². The van der Waals surface area contributed by atoms with Gasteiger partial charge in [0.1, 0.15) is 21.2 Å². The van der Waals surface area contributed by atoms with E-state index in [9.17, 15) is 40.9 Å². The van der Waals surface area contributed by atoms with Crippen molar-refractivity contribution in [1.82, 2.24) is 0 Å². The third-order valence-corrected chi connectivity index (χ3v) is 10.5. The second-order valence-electron chi connectivity index (χ2n) is 10.9. The maximum absolute atomic E-state index is 13.0. The van der Waals surface area contributed by atoms with Gasteiger partial charge in [-0.05, 0) is 153 Å². The number of hydrogen-bond acceptors (Lipinski definition) is 11. The first-order chi connectivity index (χ1) is 24.6. The Morgan fingerprint density at radius 2 is 0.904 bits per heavy atom. The molecule has 0 spiro atoms. The molecule has 6 N–H and O–H groups in total. The lowest BCUT2D eigenvalue weighted by atomic mass is 10.1. The molecule has 15 nitrogen and oxygen atoms in total. The first-order valence-electron chi connectivity index (χ1n) is 14.5. The lowest BCUT2D eigenvalue weighted by molar-refractivity contribution is 0.262. The number of aromatic hydroxyl groups is 2. The van der Waals surface area contributed by atoms with E-state index in [1.807, 2.05) is 0 Å². The van der Waals surface area contributed by atoms with Crippen molar-refractivity contribution >= 4 is 127 Å². The molecule has 6 aromatic rings. The van der Waals surface area contributed by atoms with Crippen LogP contribution in [0.25, 0.3) is 21.5 Å². The summed E-state index contributed by atoms with van der Waals surface area (Å²) < 4.78 is 70.8. The molecule has 6 aromatic carbocycles. The molecular weight excluding hydrogens is 942 g/mol. The van der Waals surface area contributed by atoms with E-state index in [1.165, 1.54) is 36.4 Å². The van der Waals surface area contributed by atoms with E-state index in [-0.39, 0.29) is 32.9 Å². The maximum Gasteiger partial charge on any atom is 0.323 e. The summed E-state index contributed by atoms with van der Waals surface area (Å²) in [7, 11) is -9.77. The van der Waals surface area contributed by atoms with Gasteiger partial charge in [0.05, 0.1) is 11.4 Å². The van der Waals surface area contributed by atoms with Crippen molar-refractivity contribution in [1.29, 1.82) is 0 Å². The predicted octanol–water partition coefficient (Wildman–Crippen LogP) is 9.58. The van der Waals surface area contributed by atoms with Crippen LogP contribution >= 0.6 is 45.2 Å². The summed E-state index contributed by atoms with van der Waals surface area (Å²) >= 11 is 4.20. The van der Waals surface area contributed by atoms with E-state index < -0.39 is 58.9 Å². The first-order valence-corrected chi connectivity index (χ1v) is 19.6. The third kappa shape index (κ3) is 8.29. The fraction of sp³-hybridized carbons (Fsp3) is 0. The van der Waals surface area contributed by atoms with E-state index in [4.69, 9.17) is 0 Å². The van der Waals surface area contributed by atoms with Gasteiger partial charge in [0.25, 0.3) is 20.2 Å². The van der Waals surface area contributed by atoms with E-state index in [0.29, 0.717) is 11.4 Å². The molecular formula is C33H22I2N6O9S2. The summed E-state index contributed by atoms with van der Waals surface area (Å²) in [5.41, 5.74) is 0.112. The Labute approximate surface area is 322 Å². The lowest BCUT2D eigenvalue weighted by Gasteiger charge is -2.13. The van der Waals surface area contributed by atoms with Gasteiger partial charge in [-0.2, -0.15) is 27.1 Å². The minimum atomic E-state index is -4.89. The predicted molar refractivity (Wildman–Crippen MR) is 210 cm³/mol. The van der Waals surface area contributed by atoms with Crippen LogP contribution in [0.2, 0.25) is 0 Å². The number of amides is 2. The van der Waals surface area contributed by atoms with Gasteiger partial charge in [0, 0.05) is 29.3 Å². The van der Waals surface area contributed by atoms with E-state index in [1.54, 1.807) is 48.5 Å². The number of phenolic OH excluding ortho intramolecular Hbond substituents is 2. The van der Waals surface area contributed by atoms with Gasteiger partial charge in [-0.1, -0.05) is 0 Å². The van der Waals surface area contributed by atoms with Crippen LogP contribution in [0.15, 0.2) is 127 Å². The van der Waals surface area contributed by atoms with Gasteiger partial charge < -0.3 is 20.8 Å². The zero-order valence-electron chi connectivity index (χ0n) is 25.9. The summed E-state index contributed by atoms with van der Waals surface area (Å²) in [6, 6.07) is 23.3. The molecule has 0 aliphatic rings.